The second-order valence-electron chi connectivity index (χ2n) is 4.80. The number of benzene rings is 2. The normalized spacial score (nSPS) is 16.7. The number of aromatic carboxylic acids is 1. The third-order valence-corrected chi connectivity index (χ3v) is 6.38. The van der Waals surface area contributed by atoms with Gasteiger partial charge in [0.2, 0.25) is 0 Å². The Morgan fingerprint density at radius 3 is 2.95 bits per heavy atom. The van der Waals surface area contributed by atoms with E-state index in [4.69, 9.17) is 0 Å². The van der Waals surface area contributed by atoms with Crippen molar-refractivity contribution in [3.05, 3.63) is 58.1 Å². The van der Waals surface area contributed by atoms with Crippen LogP contribution >= 0.6 is 39.5 Å². The van der Waals surface area contributed by atoms with E-state index < -0.39 is 5.97 Å². The first-order valence-electron chi connectivity index (χ1n) is 6.52. The lowest BCUT2D eigenvalue weighted by atomic mass is 10.0. The van der Waals surface area contributed by atoms with Crippen LogP contribution in [0.1, 0.15) is 21.8 Å². The van der Waals surface area contributed by atoms with Gasteiger partial charge in [-0.15, -0.1) is 23.5 Å². The second-order valence-corrected chi connectivity index (χ2v) is 7.84. The Kier molecular flexibility index (Phi) is 4.62. The van der Waals surface area contributed by atoms with Gasteiger partial charge in [0.25, 0.3) is 0 Å². The highest BCUT2D eigenvalue weighted by Gasteiger charge is 2.23. The fourth-order valence-corrected chi connectivity index (χ4v) is 5.47. The number of carbonyl (C=O) groups is 1. The van der Waals surface area contributed by atoms with Crippen molar-refractivity contribution in [2.75, 3.05) is 11.5 Å². The summed E-state index contributed by atoms with van der Waals surface area (Å²) in [6.45, 7) is 0. The van der Waals surface area contributed by atoms with E-state index in [1.165, 1.54) is 10.5 Å². The summed E-state index contributed by atoms with van der Waals surface area (Å²) in [5.41, 5.74) is 1.77. The highest BCUT2D eigenvalue weighted by atomic mass is 79.9. The number of rotatable bonds is 4. The molecule has 2 aromatic rings. The Morgan fingerprint density at radius 1 is 1.33 bits per heavy atom. The second kappa shape index (κ2) is 6.46. The molecule has 1 aliphatic rings. The number of thioether (sulfide) groups is 2. The summed E-state index contributed by atoms with van der Waals surface area (Å²) in [6.07, 6.45) is 0. The van der Waals surface area contributed by atoms with Crippen molar-refractivity contribution in [3.8, 4) is 0 Å². The van der Waals surface area contributed by atoms with Gasteiger partial charge in [0.1, 0.15) is 0 Å². The van der Waals surface area contributed by atoms with E-state index in [0.29, 0.717) is 11.5 Å². The summed E-state index contributed by atoms with van der Waals surface area (Å²) >= 11 is 6.93. The van der Waals surface area contributed by atoms with Gasteiger partial charge in [-0.1, -0.05) is 34.1 Å². The zero-order chi connectivity index (χ0) is 14.8. The number of hydrogen-bond donors (Lipinski definition) is 1. The molecule has 0 fully saturated rings. The van der Waals surface area contributed by atoms with Crippen molar-refractivity contribution in [3.63, 3.8) is 0 Å². The highest BCUT2D eigenvalue weighted by molar-refractivity contribution is 9.10. The van der Waals surface area contributed by atoms with E-state index in [-0.39, 0.29) is 0 Å². The Labute approximate surface area is 140 Å². The number of hydrogen-bond acceptors (Lipinski definition) is 3. The minimum Gasteiger partial charge on any atom is -0.478 e. The Bertz CT molecular complexity index is 688. The molecule has 2 nitrogen and oxygen atoms in total. The average Bonchev–Trinajstić information content (AvgIpc) is 2.88. The summed E-state index contributed by atoms with van der Waals surface area (Å²) in [5.74, 6) is 1.59. The van der Waals surface area contributed by atoms with Crippen molar-refractivity contribution < 1.29 is 9.90 Å². The van der Waals surface area contributed by atoms with Crippen LogP contribution in [-0.4, -0.2) is 22.6 Å². The summed E-state index contributed by atoms with van der Waals surface area (Å²) in [6, 6.07) is 13.8. The molecule has 0 amide bonds. The van der Waals surface area contributed by atoms with Crippen LogP contribution in [0.4, 0.5) is 0 Å². The number of halogens is 1. The maximum absolute atomic E-state index is 11.3. The lowest BCUT2D eigenvalue weighted by Crippen LogP contribution is -2.03. The lowest BCUT2D eigenvalue weighted by Gasteiger charge is -2.12. The average molecular weight is 381 g/mol. The molecule has 1 atom stereocenters. The smallest absolute Gasteiger partial charge is 0.336 e. The first-order chi connectivity index (χ1) is 10.1. The maximum Gasteiger partial charge on any atom is 0.336 e. The monoisotopic (exact) mass is 380 g/mol. The van der Waals surface area contributed by atoms with E-state index in [2.05, 4.69) is 40.2 Å². The molecule has 0 bridgehead atoms. The van der Waals surface area contributed by atoms with E-state index in [1.54, 1.807) is 23.9 Å². The van der Waals surface area contributed by atoms with Crippen LogP contribution in [0, 0.1) is 0 Å². The molecule has 0 saturated heterocycles. The van der Waals surface area contributed by atoms with Crippen molar-refractivity contribution in [1.82, 2.24) is 0 Å². The minimum atomic E-state index is -0.869. The third-order valence-electron chi connectivity index (χ3n) is 3.41. The van der Waals surface area contributed by atoms with E-state index in [9.17, 15) is 9.90 Å². The molecule has 1 N–H and O–H groups in total. The van der Waals surface area contributed by atoms with Crippen LogP contribution < -0.4 is 0 Å². The number of carboxylic acid groups (broad SMARTS) is 1. The standard InChI is InChI=1S/C16H13BrO2S2/c17-11-5-6-13(16(18)19)15(7-11)21-9-10-8-20-14-4-2-1-3-12(10)14/h1-7,10H,8-9H2,(H,18,19). The first-order valence-corrected chi connectivity index (χ1v) is 9.29. The molecule has 1 unspecified atom stereocenters. The minimum absolute atomic E-state index is 0.377. The Morgan fingerprint density at radius 2 is 2.14 bits per heavy atom. The van der Waals surface area contributed by atoms with Crippen LogP contribution in [0.3, 0.4) is 0 Å². The molecule has 21 heavy (non-hydrogen) atoms. The quantitative estimate of drug-likeness (QED) is 0.746. The predicted molar refractivity (Wildman–Crippen MR) is 91.7 cm³/mol. The topological polar surface area (TPSA) is 37.3 Å². The molecule has 1 heterocycles. The van der Waals surface area contributed by atoms with E-state index in [1.807, 2.05) is 17.8 Å². The van der Waals surface area contributed by atoms with Crippen molar-refractivity contribution >= 4 is 45.4 Å². The Balaban J connectivity index is 1.77. The molecule has 0 radical (unpaired) electrons. The van der Waals surface area contributed by atoms with Crippen LogP contribution in [0.15, 0.2) is 56.7 Å². The number of carboxylic acids is 1. The highest BCUT2D eigenvalue weighted by Crippen LogP contribution is 2.42. The van der Waals surface area contributed by atoms with Crippen LogP contribution in [0.5, 0.6) is 0 Å². The van der Waals surface area contributed by atoms with Gasteiger partial charge < -0.3 is 5.11 Å². The summed E-state index contributed by atoms with van der Waals surface area (Å²) < 4.78 is 0.913. The van der Waals surface area contributed by atoms with Crippen LogP contribution in [0.25, 0.3) is 0 Å². The molecule has 0 spiro atoms. The molecule has 0 aliphatic carbocycles. The van der Waals surface area contributed by atoms with Gasteiger partial charge in [0, 0.05) is 31.7 Å². The van der Waals surface area contributed by atoms with Gasteiger partial charge in [0.15, 0.2) is 0 Å². The van der Waals surface area contributed by atoms with Gasteiger partial charge >= 0.3 is 5.97 Å². The maximum atomic E-state index is 11.3. The fraction of sp³-hybridized carbons (Fsp3) is 0.188. The summed E-state index contributed by atoms with van der Waals surface area (Å²) in [4.78, 5) is 13.5. The fourth-order valence-electron chi connectivity index (χ4n) is 2.35. The zero-order valence-electron chi connectivity index (χ0n) is 11.1. The first kappa shape index (κ1) is 15.0. The molecule has 5 heteroatoms. The van der Waals surface area contributed by atoms with Crippen molar-refractivity contribution in [1.29, 1.82) is 0 Å². The van der Waals surface area contributed by atoms with Gasteiger partial charge in [0.05, 0.1) is 5.56 Å². The molecular weight excluding hydrogens is 368 g/mol. The molecule has 0 saturated carbocycles. The lowest BCUT2D eigenvalue weighted by molar-refractivity contribution is 0.0693. The van der Waals surface area contributed by atoms with E-state index >= 15 is 0 Å². The van der Waals surface area contributed by atoms with E-state index in [0.717, 1.165) is 20.9 Å². The molecule has 3 rings (SSSR count). The van der Waals surface area contributed by atoms with Crippen LogP contribution in [0.2, 0.25) is 0 Å². The largest absolute Gasteiger partial charge is 0.478 e. The van der Waals surface area contributed by atoms with Crippen molar-refractivity contribution in [2.24, 2.45) is 0 Å². The Hall–Kier alpha value is -0.910. The molecule has 0 aromatic heterocycles. The number of fused-ring (bicyclic) bond motifs is 1. The molecule has 108 valence electrons. The van der Waals surface area contributed by atoms with Gasteiger partial charge in [-0.25, -0.2) is 4.79 Å². The molecular formula is C16H13BrO2S2. The van der Waals surface area contributed by atoms with Gasteiger partial charge in [-0.05, 0) is 29.8 Å². The molecule has 1 aliphatic heterocycles. The van der Waals surface area contributed by atoms with Gasteiger partial charge in [-0.2, -0.15) is 0 Å². The van der Waals surface area contributed by atoms with Gasteiger partial charge in [-0.3, -0.25) is 0 Å². The van der Waals surface area contributed by atoms with Crippen LogP contribution in [-0.2, 0) is 0 Å². The SMILES string of the molecule is O=C(O)c1ccc(Br)cc1SCC1CSc2ccccc21. The third kappa shape index (κ3) is 3.30. The van der Waals surface area contributed by atoms with Crippen molar-refractivity contribution in [2.45, 2.75) is 15.7 Å². The summed E-state index contributed by atoms with van der Waals surface area (Å²) in [7, 11) is 0. The zero-order valence-corrected chi connectivity index (χ0v) is 14.3. The molecule has 2 aromatic carbocycles. The summed E-state index contributed by atoms with van der Waals surface area (Å²) in [5, 5.41) is 9.27. The predicted octanol–water partition coefficient (Wildman–Crippen LogP) is 5.13.